The van der Waals surface area contributed by atoms with Crippen LogP contribution in [0.25, 0.3) is 0 Å². The average molecular weight is 391 g/mol. The second-order valence-corrected chi connectivity index (χ2v) is 6.21. The van der Waals surface area contributed by atoms with Crippen LogP contribution in [0.2, 0.25) is 5.02 Å². The Morgan fingerprint density at radius 2 is 1.96 bits per heavy atom. The van der Waals surface area contributed by atoms with E-state index < -0.39 is 12.1 Å². The smallest absolute Gasteiger partial charge is 0.475 e. The summed E-state index contributed by atoms with van der Waals surface area (Å²) in [5.74, 6) is -0.754. The third-order valence-corrected chi connectivity index (χ3v) is 4.08. The lowest BCUT2D eigenvalue weighted by Gasteiger charge is -2.13. The van der Waals surface area contributed by atoms with Crippen molar-refractivity contribution in [2.24, 2.45) is 0 Å². The number of carboxylic acid groups (broad SMARTS) is 1. The van der Waals surface area contributed by atoms with Gasteiger partial charge in [-0.1, -0.05) is 23.7 Å². The maximum atomic E-state index is 10.6. The van der Waals surface area contributed by atoms with Crippen LogP contribution in [0, 0.1) is 6.92 Å². The van der Waals surface area contributed by atoms with Crippen LogP contribution in [-0.2, 0) is 11.3 Å². The van der Waals surface area contributed by atoms with E-state index in [2.05, 4.69) is 20.1 Å². The minimum atomic E-state index is -5.08. The van der Waals surface area contributed by atoms with E-state index in [1.54, 1.807) is 0 Å². The van der Waals surface area contributed by atoms with Crippen molar-refractivity contribution in [2.45, 2.75) is 38.5 Å². The topological polar surface area (TPSA) is 80.0 Å². The van der Waals surface area contributed by atoms with Crippen molar-refractivity contribution in [1.82, 2.24) is 20.1 Å². The monoisotopic (exact) mass is 390 g/mol. The quantitative estimate of drug-likeness (QED) is 0.840. The molecule has 2 N–H and O–H groups in total. The van der Waals surface area contributed by atoms with Gasteiger partial charge in [0.05, 0.1) is 12.6 Å². The van der Waals surface area contributed by atoms with Gasteiger partial charge in [-0.05, 0) is 44.0 Å². The van der Waals surface area contributed by atoms with Crippen LogP contribution >= 0.6 is 11.6 Å². The summed E-state index contributed by atoms with van der Waals surface area (Å²) in [6.07, 6.45) is -2.74. The number of aliphatic carboxylic acids is 1. The summed E-state index contributed by atoms with van der Waals surface area (Å²) in [5, 5.41) is 19.9. The van der Waals surface area contributed by atoms with Crippen molar-refractivity contribution < 1.29 is 23.1 Å². The Morgan fingerprint density at radius 1 is 1.35 bits per heavy atom. The normalized spacial score (nSPS) is 16.9. The molecule has 0 unspecified atom stereocenters. The molecule has 0 aliphatic carbocycles. The molecule has 1 aromatic heterocycles. The third kappa shape index (κ3) is 5.43. The summed E-state index contributed by atoms with van der Waals surface area (Å²) in [7, 11) is 0. The molecule has 10 heteroatoms. The molecule has 1 atom stereocenters. The molecule has 1 aromatic carbocycles. The summed E-state index contributed by atoms with van der Waals surface area (Å²) < 4.78 is 33.9. The van der Waals surface area contributed by atoms with E-state index in [1.807, 2.05) is 31.2 Å². The van der Waals surface area contributed by atoms with Crippen LogP contribution in [0.5, 0.6) is 0 Å². The molecular weight excluding hydrogens is 373 g/mol. The zero-order chi connectivity index (χ0) is 19.3. The molecule has 1 fully saturated rings. The number of nitrogens with one attached hydrogen (secondary N) is 1. The van der Waals surface area contributed by atoms with E-state index in [4.69, 9.17) is 21.5 Å². The summed E-state index contributed by atoms with van der Waals surface area (Å²) in [4.78, 5) is 8.90. The third-order valence-electron chi connectivity index (χ3n) is 3.83. The van der Waals surface area contributed by atoms with Crippen LogP contribution in [-0.4, -0.2) is 38.6 Å². The molecular formula is C16H18ClF3N4O2. The fraction of sp³-hybridized carbons (Fsp3) is 0.438. The molecule has 1 aliphatic rings. The molecule has 3 rings (SSSR count). The van der Waals surface area contributed by atoms with Crippen LogP contribution < -0.4 is 5.32 Å². The number of aryl methyl sites for hydroxylation is 1. The number of carboxylic acids is 1. The second-order valence-electron chi connectivity index (χ2n) is 5.77. The second kappa shape index (κ2) is 8.50. The number of rotatable bonds is 3. The molecule has 0 saturated carbocycles. The molecule has 0 amide bonds. The number of hydrogen-bond donors (Lipinski definition) is 2. The van der Waals surface area contributed by atoms with Crippen molar-refractivity contribution in [3.8, 4) is 0 Å². The van der Waals surface area contributed by atoms with Crippen molar-refractivity contribution in [3.63, 3.8) is 0 Å². The minimum absolute atomic E-state index is 0.341. The highest BCUT2D eigenvalue weighted by molar-refractivity contribution is 6.30. The number of alkyl halides is 3. The number of carbonyl (C=O) groups is 1. The molecule has 1 saturated heterocycles. The predicted molar refractivity (Wildman–Crippen MR) is 89.0 cm³/mol. The van der Waals surface area contributed by atoms with Gasteiger partial charge >= 0.3 is 12.1 Å². The van der Waals surface area contributed by atoms with E-state index in [9.17, 15) is 13.2 Å². The lowest BCUT2D eigenvalue weighted by molar-refractivity contribution is -0.192. The Morgan fingerprint density at radius 3 is 2.46 bits per heavy atom. The zero-order valence-electron chi connectivity index (χ0n) is 13.9. The van der Waals surface area contributed by atoms with E-state index in [0.29, 0.717) is 6.04 Å². The molecule has 2 aromatic rings. The Kier molecular flexibility index (Phi) is 6.60. The maximum absolute atomic E-state index is 10.6. The first kappa shape index (κ1) is 20.2. The first-order valence-electron chi connectivity index (χ1n) is 7.86. The summed E-state index contributed by atoms with van der Waals surface area (Å²) in [5.41, 5.74) is 1.21. The molecule has 0 radical (unpaired) electrons. The number of aromatic nitrogens is 3. The Bertz CT molecular complexity index is 741. The average Bonchev–Trinajstić information content (AvgIpc) is 3.20. The van der Waals surface area contributed by atoms with Gasteiger partial charge in [0.1, 0.15) is 5.82 Å². The van der Waals surface area contributed by atoms with E-state index in [1.165, 1.54) is 12.0 Å². The highest BCUT2D eigenvalue weighted by atomic mass is 35.5. The number of halogens is 4. The lowest BCUT2D eigenvalue weighted by atomic mass is 10.2. The number of hydrogen-bond acceptors (Lipinski definition) is 4. The van der Waals surface area contributed by atoms with Crippen molar-refractivity contribution in [2.75, 3.05) is 6.54 Å². The minimum Gasteiger partial charge on any atom is -0.475 e. The summed E-state index contributed by atoms with van der Waals surface area (Å²) >= 11 is 5.92. The molecule has 142 valence electrons. The van der Waals surface area contributed by atoms with Gasteiger partial charge in [0, 0.05) is 5.02 Å². The molecule has 6 nitrogen and oxygen atoms in total. The van der Waals surface area contributed by atoms with Gasteiger partial charge in [-0.3, -0.25) is 0 Å². The lowest BCUT2D eigenvalue weighted by Crippen LogP contribution is -2.21. The van der Waals surface area contributed by atoms with Crippen molar-refractivity contribution in [3.05, 3.63) is 46.5 Å². The molecule has 0 bridgehead atoms. The zero-order valence-corrected chi connectivity index (χ0v) is 14.7. The Balaban J connectivity index is 0.000000298. The Labute approximate surface area is 153 Å². The fourth-order valence-corrected chi connectivity index (χ4v) is 2.65. The van der Waals surface area contributed by atoms with E-state index in [0.717, 1.165) is 36.2 Å². The first-order chi connectivity index (χ1) is 12.2. The van der Waals surface area contributed by atoms with Crippen LogP contribution in [0.3, 0.4) is 0 Å². The van der Waals surface area contributed by atoms with Gasteiger partial charge in [0.2, 0.25) is 0 Å². The molecule has 2 heterocycles. The highest BCUT2D eigenvalue weighted by Crippen LogP contribution is 2.23. The van der Waals surface area contributed by atoms with Crippen molar-refractivity contribution >= 4 is 17.6 Å². The molecule has 26 heavy (non-hydrogen) atoms. The number of benzene rings is 1. The van der Waals surface area contributed by atoms with Crippen LogP contribution in [0.15, 0.2) is 24.3 Å². The van der Waals surface area contributed by atoms with Crippen LogP contribution in [0.4, 0.5) is 13.2 Å². The Hall–Kier alpha value is -2.13. The summed E-state index contributed by atoms with van der Waals surface area (Å²) in [6.45, 7) is 3.86. The maximum Gasteiger partial charge on any atom is 0.490 e. The molecule has 0 spiro atoms. The van der Waals surface area contributed by atoms with Gasteiger partial charge in [0.15, 0.2) is 5.82 Å². The number of nitrogens with zero attached hydrogens (tertiary/aromatic N) is 3. The van der Waals surface area contributed by atoms with Gasteiger partial charge in [-0.15, -0.1) is 10.2 Å². The summed E-state index contributed by atoms with van der Waals surface area (Å²) in [6, 6.07) is 8.28. The van der Waals surface area contributed by atoms with Gasteiger partial charge in [-0.2, -0.15) is 13.2 Å². The predicted octanol–water partition coefficient (Wildman–Crippen LogP) is 3.35. The SMILES string of the molecule is Cc1nnc([C@H]2CCCN2)n1Cc1ccc(Cl)cc1.O=C(O)C(F)(F)F. The first-order valence-corrected chi connectivity index (χ1v) is 8.24. The highest BCUT2D eigenvalue weighted by Gasteiger charge is 2.38. The molecule has 1 aliphatic heterocycles. The fourth-order valence-electron chi connectivity index (χ4n) is 2.53. The van der Waals surface area contributed by atoms with E-state index in [-0.39, 0.29) is 0 Å². The van der Waals surface area contributed by atoms with Gasteiger partial charge in [0.25, 0.3) is 0 Å². The largest absolute Gasteiger partial charge is 0.490 e. The standard InChI is InChI=1S/C14H17ClN4.C2HF3O2/c1-10-17-18-14(13-3-2-8-16-13)19(10)9-11-4-6-12(15)7-5-11;3-2(4,5)1(6)7/h4-7,13,16H,2-3,8-9H2,1H3;(H,6,7)/t13-;/m1./s1. The van der Waals surface area contributed by atoms with Gasteiger partial charge < -0.3 is 15.0 Å². The van der Waals surface area contributed by atoms with Crippen molar-refractivity contribution in [1.29, 1.82) is 0 Å². The van der Waals surface area contributed by atoms with Crippen LogP contribution in [0.1, 0.15) is 36.1 Å². The van der Waals surface area contributed by atoms with Gasteiger partial charge in [-0.25, -0.2) is 4.79 Å². The van der Waals surface area contributed by atoms with E-state index >= 15 is 0 Å².